The molecule has 0 unspecified atom stereocenters. The fraction of sp³-hybridized carbons (Fsp3) is 0.350. The van der Waals surface area contributed by atoms with Gasteiger partial charge in [0.15, 0.2) is 0 Å². The molecule has 0 bridgehead atoms. The van der Waals surface area contributed by atoms with Gasteiger partial charge in [-0.3, -0.25) is 4.79 Å². The van der Waals surface area contributed by atoms with E-state index in [1.54, 1.807) is 30.0 Å². The third-order valence-corrected chi connectivity index (χ3v) is 7.39. The zero-order valence-corrected chi connectivity index (χ0v) is 17.6. The van der Waals surface area contributed by atoms with E-state index in [1.165, 1.54) is 16.4 Å². The van der Waals surface area contributed by atoms with E-state index in [9.17, 15) is 13.2 Å². The SMILES string of the molecule is CCCSc1ccccc1C(=O)Nc1ccc(S(=O)(=O)N(CC)CC)cc1. The standard InChI is InChI=1S/C20H26N2O3S2/c1-4-15-26-19-10-8-7-9-18(19)20(23)21-16-11-13-17(14-12-16)27(24,25)22(5-2)6-3/h7-14H,4-6,15H2,1-3H3,(H,21,23). The smallest absolute Gasteiger partial charge is 0.256 e. The first-order valence-electron chi connectivity index (χ1n) is 9.07. The van der Waals surface area contributed by atoms with E-state index in [2.05, 4.69) is 12.2 Å². The van der Waals surface area contributed by atoms with Crippen LogP contribution in [-0.2, 0) is 10.0 Å². The van der Waals surface area contributed by atoms with Crippen LogP contribution in [0, 0.1) is 0 Å². The maximum absolute atomic E-state index is 12.6. The van der Waals surface area contributed by atoms with E-state index in [-0.39, 0.29) is 10.8 Å². The minimum Gasteiger partial charge on any atom is -0.322 e. The second-order valence-corrected chi connectivity index (χ2v) is 8.99. The lowest BCUT2D eigenvalue weighted by Gasteiger charge is -2.18. The molecule has 27 heavy (non-hydrogen) atoms. The van der Waals surface area contributed by atoms with Crippen LogP contribution in [-0.4, -0.2) is 37.5 Å². The van der Waals surface area contributed by atoms with Crippen LogP contribution in [0.5, 0.6) is 0 Å². The van der Waals surface area contributed by atoms with Crippen molar-refractivity contribution in [1.82, 2.24) is 4.31 Å². The maximum atomic E-state index is 12.6. The molecule has 2 aromatic carbocycles. The van der Waals surface area contributed by atoms with Gasteiger partial charge >= 0.3 is 0 Å². The van der Waals surface area contributed by atoms with Crippen molar-refractivity contribution in [3.05, 3.63) is 54.1 Å². The predicted molar refractivity (Wildman–Crippen MR) is 112 cm³/mol. The fourth-order valence-corrected chi connectivity index (χ4v) is 4.99. The van der Waals surface area contributed by atoms with Gasteiger partial charge in [-0.05, 0) is 48.6 Å². The number of carbonyl (C=O) groups excluding carboxylic acids is 1. The number of carbonyl (C=O) groups is 1. The molecule has 0 aliphatic rings. The highest BCUT2D eigenvalue weighted by Crippen LogP contribution is 2.25. The molecule has 0 aliphatic carbocycles. The molecule has 1 amide bonds. The highest BCUT2D eigenvalue weighted by molar-refractivity contribution is 7.99. The summed E-state index contributed by atoms with van der Waals surface area (Å²) in [5.74, 6) is 0.746. The minimum atomic E-state index is -3.50. The summed E-state index contributed by atoms with van der Waals surface area (Å²) in [7, 11) is -3.50. The Balaban J connectivity index is 2.17. The molecule has 0 aliphatic heterocycles. The van der Waals surface area contributed by atoms with Crippen LogP contribution < -0.4 is 5.32 Å². The summed E-state index contributed by atoms with van der Waals surface area (Å²) in [5.41, 5.74) is 1.18. The van der Waals surface area contributed by atoms with E-state index in [1.807, 2.05) is 32.0 Å². The third-order valence-electron chi connectivity index (χ3n) is 4.05. The van der Waals surface area contributed by atoms with Gasteiger partial charge in [0.2, 0.25) is 10.0 Å². The van der Waals surface area contributed by atoms with Crippen molar-refractivity contribution < 1.29 is 13.2 Å². The van der Waals surface area contributed by atoms with Crippen LogP contribution in [0.25, 0.3) is 0 Å². The summed E-state index contributed by atoms with van der Waals surface area (Å²) in [4.78, 5) is 13.8. The van der Waals surface area contributed by atoms with E-state index in [0.29, 0.717) is 24.3 Å². The molecule has 0 saturated heterocycles. The Hall–Kier alpha value is -1.83. The number of benzene rings is 2. The van der Waals surface area contributed by atoms with Gasteiger partial charge in [-0.1, -0.05) is 32.9 Å². The molecule has 1 N–H and O–H groups in total. The van der Waals surface area contributed by atoms with Gasteiger partial charge in [-0.2, -0.15) is 4.31 Å². The first-order chi connectivity index (χ1) is 12.9. The summed E-state index contributed by atoms with van der Waals surface area (Å²) >= 11 is 1.65. The summed E-state index contributed by atoms with van der Waals surface area (Å²) in [6, 6.07) is 13.8. The summed E-state index contributed by atoms with van der Waals surface area (Å²) in [5, 5.41) is 2.85. The highest BCUT2D eigenvalue weighted by atomic mass is 32.2. The molecule has 0 fully saturated rings. The zero-order valence-electron chi connectivity index (χ0n) is 15.9. The molecule has 0 spiro atoms. The van der Waals surface area contributed by atoms with E-state index in [4.69, 9.17) is 0 Å². The number of rotatable bonds is 9. The Labute approximate surface area is 166 Å². The average Bonchev–Trinajstić information content (AvgIpc) is 2.67. The van der Waals surface area contributed by atoms with Gasteiger partial charge in [-0.15, -0.1) is 11.8 Å². The van der Waals surface area contributed by atoms with Gasteiger partial charge < -0.3 is 5.32 Å². The molecule has 2 aromatic rings. The lowest BCUT2D eigenvalue weighted by Crippen LogP contribution is -2.30. The quantitative estimate of drug-likeness (QED) is 0.624. The third kappa shape index (κ3) is 5.34. The van der Waals surface area contributed by atoms with Crippen molar-refractivity contribution in [3.8, 4) is 0 Å². The lowest BCUT2D eigenvalue weighted by molar-refractivity contribution is 0.102. The molecule has 0 heterocycles. The van der Waals surface area contributed by atoms with Crippen molar-refractivity contribution in [1.29, 1.82) is 0 Å². The molecule has 0 atom stereocenters. The number of anilines is 1. The van der Waals surface area contributed by atoms with E-state index in [0.717, 1.165) is 17.1 Å². The number of hydrogen-bond acceptors (Lipinski definition) is 4. The van der Waals surface area contributed by atoms with Gasteiger partial charge in [0.05, 0.1) is 10.5 Å². The van der Waals surface area contributed by atoms with Crippen molar-refractivity contribution in [3.63, 3.8) is 0 Å². The minimum absolute atomic E-state index is 0.200. The Morgan fingerprint density at radius 3 is 2.22 bits per heavy atom. The van der Waals surface area contributed by atoms with Gasteiger partial charge in [0.25, 0.3) is 5.91 Å². The predicted octanol–water partition coefficient (Wildman–Crippen LogP) is 4.47. The number of hydrogen-bond donors (Lipinski definition) is 1. The van der Waals surface area contributed by atoms with Crippen LogP contribution in [0.1, 0.15) is 37.6 Å². The van der Waals surface area contributed by atoms with Crippen molar-refractivity contribution in [2.75, 3.05) is 24.2 Å². The number of amides is 1. The summed E-state index contributed by atoms with van der Waals surface area (Å²) in [6.07, 6.45) is 1.03. The Morgan fingerprint density at radius 1 is 1.00 bits per heavy atom. The molecule has 0 saturated carbocycles. The van der Waals surface area contributed by atoms with Crippen molar-refractivity contribution >= 4 is 33.4 Å². The maximum Gasteiger partial charge on any atom is 0.256 e. The van der Waals surface area contributed by atoms with Crippen LogP contribution in [0.3, 0.4) is 0 Å². The molecule has 146 valence electrons. The molecular formula is C20H26N2O3S2. The highest BCUT2D eigenvalue weighted by Gasteiger charge is 2.21. The van der Waals surface area contributed by atoms with Crippen LogP contribution in [0.15, 0.2) is 58.3 Å². The Bertz CT molecular complexity index is 861. The number of thioether (sulfide) groups is 1. The zero-order chi connectivity index (χ0) is 19.9. The first-order valence-corrected chi connectivity index (χ1v) is 11.5. The average molecular weight is 407 g/mol. The number of sulfonamides is 1. The van der Waals surface area contributed by atoms with E-state index >= 15 is 0 Å². The van der Waals surface area contributed by atoms with Gasteiger partial charge in [0, 0.05) is 23.7 Å². The van der Waals surface area contributed by atoms with Gasteiger partial charge in [0.1, 0.15) is 0 Å². The van der Waals surface area contributed by atoms with E-state index < -0.39 is 10.0 Å². The molecule has 0 radical (unpaired) electrons. The summed E-state index contributed by atoms with van der Waals surface area (Å²) in [6.45, 7) is 6.56. The van der Waals surface area contributed by atoms with Gasteiger partial charge in [-0.25, -0.2) is 8.42 Å². The first kappa shape index (κ1) is 21.5. The normalized spacial score (nSPS) is 11.6. The lowest BCUT2D eigenvalue weighted by atomic mass is 10.2. The van der Waals surface area contributed by atoms with Crippen molar-refractivity contribution in [2.45, 2.75) is 37.0 Å². The molecular weight excluding hydrogens is 380 g/mol. The Morgan fingerprint density at radius 2 is 1.63 bits per heavy atom. The molecule has 7 heteroatoms. The Kier molecular flexibility index (Phi) is 7.89. The molecule has 2 rings (SSSR count). The van der Waals surface area contributed by atoms with Crippen LogP contribution >= 0.6 is 11.8 Å². The monoisotopic (exact) mass is 406 g/mol. The second-order valence-electron chi connectivity index (χ2n) is 5.91. The summed E-state index contributed by atoms with van der Waals surface area (Å²) < 4.78 is 26.5. The van der Waals surface area contributed by atoms with Crippen LogP contribution in [0.4, 0.5) is 5.69 Å². The van der Waals surface area contributed by atoms with Crippen LogP contribution in [0.2, 0.25) is 0 Å². The molecule has 0 aromatic heterocycles. The number of nitrogens with one attached hydrogen (secondary N) is 1. The second kappa shape index (κ2) is 9.92. The topological polar surface area (TPSA) is 66.5 Å². The van der Waals surface area contributed by atoms with Crippen molar-refractivity contribution in [2.24, 2.45) is 0 Å². The molecule has 5 nitrogen and oxygen atoms in total. The number of nitrogens with zero attached hydrogens (tertiary/aromatic N) is 1. The largest absolute Gasteiger partial charge is 0.322 e. The fourth-order valence-electron chi connectivity index (χ4n) is 2.61.